The quantitative estimate of drug-likeness (QED) is 0.335. The van der Waals surface area contributed by atoms with Gasteiger partial charge in [0.15, 0.2) is 18.0 Å². The number of aromatic nitrogens is 2. The molecule has 0 unspecified atom stereocenters. The summed E-state index contributed by atoms with van der Waals surface area (Å²) in [6, 6.07) is 15.7. The molecule has 0 saturated heterocycles. The molecule has 186 valence electrons. The van der Waals surface area contributed by atoms with Crippen LogP contribution in [-0.2, 0) is 4.79 Å². The van der Waals surface area contributed by atoms with Crippen LogP contribution in [-0.4, -0.2) is 41.0 Å². The van der Waals surface area contributed by atoms with Gasteiger partial charge in [0.2, 0.25) is 0 Å². The number of benzene rings is 2. The smallest absolute Gasteiger partial charge is 0.262 e. The average Bonchev–Trinajstić information content (AvgIpc) is 3.26. The van der Waals surface area contributed by atoms with Gasteiger partial charge in [-0.3, -0.25) is 9.59 Å². The highest BCUT2D eigenvalue weighted by Crippen LogP contribution is 2.37. The summed E-state index contributed by atoms with van der Waals surface area (Å²) in [5, 5.41) is 5.69. The van der Waals surface area contributed by atoms with E-state index in [9.17, 15) is 9.59 Å². The van der Waals surface area contributed by atoms with Crippen molar-refractivity contribution in [3.8, 4) is 17.2 Å². The van der Waals surface area contributed by atoms with E-state index < -0.39 is 0 Å². The van der Waals surface area contributed by atoms with Crippen LogP contribution in [0.3, 0.4) is 0 Å². The highest BCUT2D eigenvalue weighted by Gasteiger charge is 2.17. The number of aryl methyl sites for hydroxylation is 1. The van der Waals surface area contributed by atoms with Gasteiger partial charge in [0.05, 0.1) is 30.3 Å². The van der Waals surface area contributed by atoms with E-state index in [0.29, 0.717) is 53.0 Å². The second-order valence-corrected chi connectivity index (χ2v) is 7.85. The Morgan fingerprint density at radius 3 is 2.19 bits per heavy atom. The van der Waals surface area contributed by atoms with Crippen molar-refractivity contribution >= 4 is 28.8 Å². The molecular weight excluding hydrogens is 460 g/mol. The molecule has 0 fully saturated rings. The standard InChI is InChI=1S/C27H28N4O5/c1-4-34-23-15-21(30-27(33)19-10-7-6-8-11-19)24(35-5-2)14-20(23)29-25(32)17-36-22-12-9-13-31-16-18(3)28-26(22)31/h6-16H,4-5,17H2,1-3H3,(H,29,32)(H,30,33). The van der Waals surface area contributed by atoms with Crippen LogP contribution in [0.4, 0.5) is 11.4 Å². The first kappa shape index (κ1) is 24.6. The van der Waals surface area contributed by atoms with Crippen molar-refractivity contribution in [3.63, 3.8) is 0 Å². The molecule has 0 saturated carbocycles. The Kier molecular flexibility index (Phi) is 7.69. The SMILES string of the molecule is CCOc1cc(NC(=O)c2ccccc2)c(OCC)cc1NC(=O)COc1cccn2cc(C)nc12. The van der Waals surface area contributed by atoms with Gasteiger partial charge in [-0.25, -0.2) is 4.98 Å². The molecule has 2 N–H and O–H groups in total. The molecule has 4 rings (SSSR count). The van der Waals surface area contributed by atoms with Crippen LogP contribution in [0.15, 0.2) is 67.0 Å². The van der Waals surface area contributed by atoms with Crippen molar-refractivity contribution in [3.05, 3.63) is 78.2 Å². The highest BCUT2D eigenvalue weighted by atomic mass is 16.5. The summed E-state index contributed by atoms with van der Waals surface area (Å²) in [6.45, 7) is 6.06. The number of ether oxygens (including phenoxy) is 3. The van der Waals surface area contributed by atoms with Crippen molar-refractivity contribution < 1.29 is 23.8 Å². The topological polar surface area (TPSA) is 103 Å². The number of nitrogens with one attached hydrogen (secondary N) is 2. The van der Waals surface area contributed by atoms with Crippen LogP contribution in [0.25, 0.3) is 5.65 Å². The number of anilines is 2. The maximum atomic E-state index is 12.8. The normalized spacial score (nSPS) is 10.6. The first-order valence-corrected chi connectivity index (χ1v) is 11.7. The fraction of sp³-hybridized carbons (Fsp3) is 0.222. The molecule has 0 aliphatic rings. The fourth-order valence-electron chi connectivity index (χ4n) is 3.64. The Balaban J connectivity index is 1.53. The minimum absolute atomic E-state index is 0.229. The summed E-state index contributed by atoms with van der Waals surface area (Å²) >= 11 is 0. The molecule has 0 radical (unpaired) electrons. The third-order valence-corrected chi connectivity index (χ3v) is 5.17. The Hall–Kier alpha value is -4.53. The molecule has 0 aliphatic heterocycles. The maximum absolute atomic E-state index is 12.8. The first-order chi connectivity index (χ1) is 17.5. The molecule has 2 amide bonds. The van der Waals surface area contributed by atoms with Crippen LogP contribution in [0.1, 0.15) is 29.9 Å². The predicted octanol–water partition coefficient (Wildman–Crippen LogP) is 4.71. The largest absolute Gasteiger partial charge is 0.492 e. The molecule has 4 aromatic rings. The Morgan fingerprint density at radius 2 is 1.53 bits per heavy atom. The molecule has 0 spiro atoms. The number of carbonyl (C=O) groups is 2. The van der Waals surface area contributed by atoms with Gasteiger partial charge >= 0.3 is 0 Å². The van der Waals surface area contributed by atoms with Crippen LogP contribution in [0.2, 0.25) is 0 Å². The minimum atomic E-state index is -0.384. The number of nitrogens with zero attached hydrogens (tertiary/aromatic N) is 2. The van der Waals surface area contributed by atoms with Crippen LogP contribution in [0.5, 0.6) is 17.2 Å². The monoisotopic (exact) mass is 488 g/mol. The molecule has 9 nitrogen and oxygen atoms in total. The number of pyridine rings is 1. The lowest BCUT2D eigenvalue weighted by molar-refractivity contribution is -0.118. The Bertz CT molecular complexity index is 1370. The summed E-state index contributed by atoms with van der Waals surface area (Å²) in [5.41, 5.74) is 2.83. The van der Waals surface area contributed by atoms with Gasteiger partial charge in [0, 0.05) is 30.1 Å². The predicted molar refractivity (Wildman–Crippen MR) is 137 cm³/mol. The van der Waals surface area contributed by atoms with Crippen LogP contribution in [0, 0.1) is 6.92 Å². The van der Waals surface area contributed by atoms with Crippen LogP contribution >= 0.6 is 0 Å². The van der Waals surface area contributed by atoms with Crippen molar-refractivity contribution in [2.24, 2.45) is 0 Å². The lowest BCUT2D eigenvalue weighted by atomic mass is 10.2. The molecule has 2 aromatic carbocycles. The maximum Gasteiger partial charge on any atom is 0.262 e. The molecule has 36 heavy (non-hydrogen) atoms. The molecule has 9 heteroatoms. The number of hydrogen-bond donors (Lipinski definition) is 2. The molecule has 0 atom stereocenters. The van der Waals surface area contributed by atoms with E-state index in [1.54, 1.807) is 42.5 Å². The number of fused-ring (bicyclic) bond motifs is 1. The summed E-state index contributed by atoms with van der Waals surface area (Å²) in [5.74, 6) is 0.625. The van der Waals surface area contributed by atoms with Crippen molar-refractivity contribution in [1.82, 2.24) is 9.38 Å². The average molecular weight is 489 g/mol. The zero-order valence-corrected chi connectivity index (χ0v) is 20.4. The molecule has 0 aliphatic carbocycles. The number of rotatable bonds is 10. The third-order valence-electron chi connectivity index (χ3n) is 5.17. The minimum Gasteiger partial charge on any atom is -0.492 e. The van der Waals surface area contributed by atoms with E-state index in [4.69, 9.17) is 14.2 Å². The van der Waals surface area contributed by atoms with E-state index in [1.165, 1.54) is 0 Å². The molecule has 2 heterocycles. The molecule has 0 bridgehead atoms. The van der Waals surface area contributed by atoms with E-state index in [1.807, 2.05) is 49.7 Å². The molecular formula is C27H28N4O5. The van der Waals surface area contributed by atoms with Crippen molar-refractivity contribution in [1.29, 1.82) is 0 Å². The highest BCUT2D eigenvalue weighted by molar-refractivity contribution is 6.05. The Morgan fingerprint density at radius 1 is 0.861 bits per heavy atom. The number of amides is 2. The zero-order valence-electron chi connectivity index (χ0n) is 20.4. The van der Waals surface area contributed by atoms with Gasteiger partial charge in [0.25, 0.3) is 11.8 Å². The zero-order chi connectivity index (χ0) is 25.5. The van der Waals surface area contributed by atoms with Gasteiger partial charge in [0.1, 0.15) is 11.5 Å². The van der Waals surface area contributed by atoms with Crippen LogP contribution < -0.4 is 24.8 Å². The van der Waals surface area contributed by atoms with Gasteiger partial charge in [-0.2, -0.15) is 0 Å². The number of hydrogen-bond acceptors (Lipinski definition) is 6. The van der Waals surface area contributed by atoms with Crippen molar-refractivity contribution in [2.75, 3.05) is 30.5 Å². The van der Waals surface area contributed by atoms with Gasteiger partial charge in [-0.05, 0) is 45.0 Å². The molecule has 2 aromatic heterocycles. The van der Waals surface area contributed by atoms with E-state index in [2.05, 4.69) is 15.6 Å². The Labute approximate surface area is 209 Å². The second kappa shape index (κ2) is 11.3. The van der Waals surface area contributed by atoms with E-state index in [0.717, 1.165) is 5.69 Å². The second-order valence-electron chi connectivity index (χ2n) is 7.85. The summed E-state index contributed by atoms with van der Waals surface area (Å²) in [6.07, 6.45) is 3.74. The summed E-state index contributed by atoms with van der Waals surface area (Å²) in [7, 11) is 0. The number of carbonyl (C=O) groups excluding carboxylic acids is 2. The first-order valence-electron chi connectivity index (χ1n) is 11.7. The fourth-order valence-corrected chi connectivity index (χ4v) is 3.64. The summed E-state index contributed by atoms with van der Waals surface area (Å²) in [4.78, 5) is 29.9. The third kappa shape index (κ3) is 5.75. The van der Waals surface area contributed by atoms with Gasteiger partial charge in [-0.15, -0.1) is 0 Å². The van der Waals surface area contributed by atoms with Gasteiger partial charge < -0.3 is 29.2 Å². The number of imidazole rings is 1. The summed E-state index contributed by atoms with van der Waals surface area (Å²) < 4.78 is 19.1. The lowest BCUT2D eigenvalue weighted by Gasteiger charge is -2.18. The van der Waals surface area contributed by atoms with Crippen molar-refractivity contribution in [2.45, 2.75) is 20.8 Å². The van der Waals surface area contributed by atoms with E-state index in [-0.39, 0.29) is 18.4 Å². The lowest BCUT2D eigenvalue weighted by Crippen LogP contribution is -2.21. The van der Waals surface area contributed by atoms with Gasteiger partial charge in [-0.1, -0.05) is 18.2 Å². The van der Waals surface area contributed by atoms with E-state index >= 15 is 0 Å².